The Labute approximate surface area is 88.0 Å². The van der Waals surface area contributed by atoms with Gasteiger partial charge in [-0.3, -0.25) is 0 Å². The van der Waals surface area contributed by atoms with Gasteiger partial charge in [0, 0.05) is 0 Å². The third-order valence-electron chi connectivity index (χ3n) is 0.699. The van der Waals surface area contributed by atoms with Crippen LogP contribution in [0.1, 0.15) is 0 Å². The Hall–Kier alpha value is 1.00. The van der Waals surface area contributed by atoms with Crippen LogP contribution in [0.2, 0.25) is 0 Å². The van der Waals surface area contributed by atoms with Gasteiger partial charge in [0.15, 0.2) is 1.47 Å². The molecular weight excluding hydrogens is 348 g/mol. The molecule has 56 valence electrons. The predicted octanol–water partition coefficient (Wildman–Crippen LogP) is 3.30. The van der Waals surface area contributed by atoms with Gasteiger partial charge >= 0.3 is 0 Å². The fourth-order valence-corrected chi connectivity index (χ4v) is 2.47. The van der Waals surface area contributed by atoms with Crippen molar-refractivity contribution in [1.29, 1.82) is 0 Å². The minimum absolute atomic E-state index is 0.292. The SMILES string of the molecule is BrC(Br)(Br)Sc1cnc[nH]1. The van der Waals surface area contributed by atoms with E-state index in [1.807, 2.05) is 0 Å². The summed E-state index contributed by atoms with van der Waals surface area (Å²) in [6.07, 6.45) is 3.39. The molecule has 6 heteroatoms. The molecule has 0 saturated carbocycles. The van der Waals surface area contributed by atoms with Gasteiger partial charge in [-0.2, -0.15) is 0 Å². The second kappa shape index (κ2) is 3.60. The molecule has 1 heterocycles. The summed E-state index contributed by atoms with van der Waals surface area (Å²) in [5, 5.41) is 0.991. The first-order valence-corrected chi connectivity index (χ1v) is 5.51. The van der Waals surface area contributed by atoms with E-state index in [9.17, 15) is 0 Å². The summed E-state index contributed by atoms with van der Waals surface area (Å²) in [6.45, 7) is 0. The molecule has 1 rings (SSSR count). The lowest BCUT2D eigenvalue weighted by molar-refractivity contribution is 1.20. The van der Waals surface area contributed by atoms with Crippen LogP contribution in [0.25, 0.3) is 0 Å². The number of thioether (sulfide) groups is 1. The number of rotatable bonds is 1. The van der Waals surface area contributed by atoms with Crippen LogP contribution in [0.4, 0.5) is 0 Å². The van der Waals surface area contributed by atoms with Crippen LogP contribution in [-0.2, 0) is 0 Å². The largest absolute Gasteiger partial charge is 0.340 e. The third kappa shape index (κ3) is 3.41. The van der Waals surface area contributed by atoms with Gasteiger partial charge in [0.1, 0.15) is 0 Å². The van der Waals surface area contributed by atoms with Crippen LogP contribution in [0, 0.1) is 0 Å². The summed E-state index contributed by atoms with van der Waals surface area (Å²) < 4.78 is -0.292. The van der Waals surface area contributed by atoms with Crippen molar-refractivity contribution in [1.82, 2.24) is 9.97 Å². The van der Waals surface area contributed by atoms with Crippen LogP contribution in [0.3, 0.4) is 0 Å². The molecule has 0 radical (unpaired) electrons. The standard InChI is InChI=1S/C4H3Br3N2S/c5-4(6,7)10-3-1-8-2-9-3/h1-2H,(H,8,9). The Kier molecular flexibility index (Phi) is 3.27. The lowest BCUT2D eigenvalue weighted by Crippen LogP contribution is -1.89. The number of halogens is 3. The Bertz CT molecular complexity index is 193. The molecule has 1 aromatic heterocycles. The molecule has 0 bridgehead atoms. The van der Waals surface area contributed by atoms with E-state index in [0.717, 1.165) is 5.03 Å². The molecule has 0 aromatic carbocycles. The van der Waals surface area contributed by atoms with E-state index in [4.69, 9.17) is 0 Å². The number of alkyl halides is 3. The minimum Gasteiger partial charge on any atom is -0.340 e. The van der Waals surface area contributed by atoms with E-state index in [1.54, 1.807) is 12.5 Å². The topological polar surface area (TPSA) is 28.7 Å². The first-order valence-electron chi connectivity index (χ1n) is 2.32. The van der Waals surface area contributed by atoms with Crippen molar-refractivity contribution in [3.8, 4) is 0 Å². The number of aromatic nitrogens is 2. The summed E-state index contributed by atoms with van der Waals surface area (Å²) in [5.41, 5.74) is 0. The molecule has 0 aliphatic heterocycles. The molecule has 0 atom stereocenters. The lowest BCUT2D eigenvalue weighted by Gasteiger charge is -2.07. The van der Waals surface area contributed by atoms with Crippen molar-refractivity contribution < 1.29 is 0 Å². The molecule has 0 unspecified atom stereocenters. The second-order valence-corrected chi connectivity index (χ2v) is 11.1. The van der Waals surface area contributed by atoms with Crippen molar-refractivity contribution in [2.24, 2.45) is 0 Å². The zero-order valence-electron chi connectivity index (χ0n) is 4.64. The fourth-order valence-electron chi connectivity index (χ4n) is 0.424. The van der Waals surface area contributed by atoms with E-state index < -0.39 is 0 Å². The van der Waals surface area contributed by atoms with Crippen LogP contribution in [-0.4, -0.2) is 11.4 Å². The summed E-state index contributed by atoms with van der Waals surface area (Å²) in [6, 6.07) is 0. The minimum atomic E-state index is -0.292. The molecular formula is C4H3Br3N2S. The fraction of sp³-hybridized carbons (Fsp3) is 0.250. The maximum atomic E-state index is 3.87. The Balaban J connectivity index is 2.57. The van der Waals surface area contributed by atoms with Gasteiger partial charge in [0.2, 0.25) is 0 Å². The van der Waals surface area contributed by atoms with Gasteiger partial charge in [-0.1, -0.05) is 11.8 Å². The molecule has 0 aliphatic rings. The Morgan fingerprint density at radius 2 is 2.20 bits per heavy atom. The number of H-pyrrole nitrogens is 1. The van der Waals surface area contributed by atoms with Crippen molar-refractivity contribution in [2.75, 3.05) is 0 Å². The second-order valence-electron chi connectivity index (χ2n) is 1.46. The number of imidazole rings is 1. The van der Waals surface area contributed by atoms with Gasteiger partial charge < -0.3 is 4.98 Å². The van der Waals surface area contributed by atoms with Crippen molar-refractivity contribution in [3.05, 3.63) is 12.5 Å². The first kappa shape index (κ1) is 9.09. The first-order chi connectivity index (χ1) is 4.58. The highest BCUT2D eigenvalue weighted by atomic mass is 80.0. The third-order valence-corrected chi connectivity index (χ3v) is 2.83. The number of nitrogens with one attached hydrogen (secondary N) is 1. The smallest absolute Gasteiger partial charge is 0.186 e. The van der Waals surface area contributed by atoms with Gasteiger partial charge in [0.25, 0.3) is 0 Å². The maximum absolute atomic E-state index is 3.87. The van der Waals surface area contributed by atoms with E-state index in [2.05, 4.69) is 57.8 Å². The van der Waals surface area contributed by atoms with Crippen LogP contribution >= 0.6 is 59.6 Å². The zero-order valence-corrected chi connectivity index (χ0v) is 10.2. The van der Waals surface area contributed by atoms with E-state index in [1.165, 1.54) is 11.8 Å². The van der Waals surface area contributed by atoms with Gasteiger partial charge in [-0.05, 0) is 47.8 Å². The number of aromatic amines is 1. The number of hydrogen-bond donors (Lipinski definition) is 1. The molecule has 0 saturated heterocycles. The zero-order chi connectivity index (χ0) is 7.61. The molecule has 0 spiro atoms. The van der Waals surface area contributed by atoms with Gasteiger partial charge in [-0.15, -0.1) is 0 Å². The summed E-state index contributed by atoms with van der Waals surface area (Å²) in [7, 11) is 0. The quantitative estimate of drug-likeness (QED) is 0.622. The predicted molar refractivity (Wildman–Crippen MR) is 54.0 cm³/mol. The number of hydrogen-bond acceptors (Lipinski definition) is 2. The Morgan fingerprint density at radius 1 is 1.50 bits per heavy atom. The maximum Gasteiger partial charge on any atom is 0.186 e. The summed E-state index contributed by atoms with van der Waals surface area (Å²) in [5.74, 6) is 0. The summed E-state index contributed by atoms with van der Waals surface area (Å²) in [4.78, 5) is 6.82. The monoisotopic (exact) mass is 348 g/mol. The average Bonchev–Trinajstić information content (AvgIpc) is 2.12. The van der Waals surface area contributed by atoms with E-state index >= 15 is 0 Å². The molecule has 1 aromatic rings. The van der Waals surface area contributed by atoms with E-state index in [0.29, 0.717) is 0 Å². The van der Waals surface area contributed by atoms with Crippen molar-refractivity contribution in [3.63, 3.8) is 0 Å². The molecule has 0 fully saturated rings. The molecule has 1 N–H and O–H groups in total. The van der Waals surface area contributed by atoms with Crippen LogP contribution in [0.15, 0.2) is 17.6 Å². The molecule has 0 amide bonds. The van der Waals surface area contributed by atoms with Crippen molar-refractivity contribution >= 4 is 59.6 Å². The van der Waals surface area contributed by atoms with E-state index in [-0.39, 0.29) is 1.47 Å². The Morgan fingerprint density at radius 3 is 2.60 bits per heavy atom. The summed E-state index contributed by atoms with van der Waals surface area (Å²) >= 11 is 11.6. The van der Waals surface area contributed by atoms with Gasteiger partial charge in [-0.25, -0.2) is 4.98 Å². The van der Waals surface area contributed by atoms with Crippen LogP contribution in [0.5, 0.6) is 0 Å². The average molecular weight is 351 g/mol. The molecule has 2 nitrogen and oxygen atoms in total. The highest BCUT2D eigenvalue weighted by Gasteiger charge is 2.19. The molecule has 0 aliphatic carbocycles. The lowest BCUT2D eigenvalue weighted by atomic mass is 11.0. The van der Waals surface area contributed by atoms with Crippen LogP contribution < -0.4 is 0 Å². The van der Waals surface area contributed by atoms with Gasteiger partial charge in [0.05, 0.1) is 17.6 Å². The highest BCUT2D eigenvalue weighted by molar-refractivity contribution is 9.42. The number of nitrogens with zero attached hydrogens (tertiary/aromatic N) is 1. The highest BCUT2D eigenvalue weighted by Crippen LogP contribution is 2.47. The molecule has 10 heavy (non-hydrogen) atoms. The van der Waals surface area contributed by atoms with Crippen molar-refractivity contribution in [2.45, 2.75) is 6.50 Å². The normalized spacial score (nSPS) is 11.9.